The Kier molecular flexibility index (Phi) is 3.60. The van der Waals surface area contributed by atoms with E-state index in [0.29, 0.717) is 15.0 Å². The van der Waals surface area contributed by atoms with Crippen LogP contribution in [0.15, 0.2) is 30.3 Å². The Labute approximate surface area is 86.9 Å². The maximum absolute atomic E-state index is 3.25. The molecule has 0 heterocycles. The summed E-state index contributed by atoms with van der Waals surface area (Å²) in [5.74, 6) is 3.25. The average Bonchev–Trinajstić information content (AvgIpc) is 2.04. The second-order valence-electron chi connectivity index (χ2n) is 3.89. The molecule has 1 aromatic carbocycles. The van der Waals surface area contributed by atoms with E-state index >= 15 is 0 Å². The van der Waals surface area contributed by atoms with Crippen molar-refractivity contribution < 1.29 is 0 Å². The molecule has 0 bridgehead atoms. The third-order valence-corrected chi connectivity index (χ3v) is 2.83. The molecule has 0 amide bonds. The third kappa shape index (κ3) is 4.78. The van der Waals surface area contributed by atoms with E-state index in [-0.39, 0.29) is 5.41 Å². The number of benzene rings is 1. The molecular weight excluding hydrogens is 223 g/mol. The van der Waals surface area contributed by atoms with Gasteiger partial charge in [0, 0.05) is 0 Å². The molecule has 0 saturated carbocycles. The van der Waals surface area contributed by atoms with Gasteiger partial charge in [0.2, 0.25) is 0 Å². The predicted molar refractivity (Wildman–Crippen MR) is 59.1 cm³/mol. The molecule has 0 saturated heterocycles. The minimum atomic E-state index is 0.135. The second-order valence-corrected chi connectivity index (χ2v) is 5.74. The van der Waals surface area contributed by atoms with Gasteiger partial charge in [-0.25, -0.2) is 0 Å². The molecule has 0 aliphatic heterocycles. The van der Waals surface area contributed by atoms with Crippen molar-refractivity contribution in [2.45, 2.75) is 20.8 Å². The van der Waals surface area contributed by atoms with Crippen molar-refractivity contribution in [2.24, 2.45) is 5.41 Å². The average molecular weight is 237 g/mol. The minimum absolute atomic E-state index is 0.135. The van der Waals surface area contributed by atoms with E-state index in [4.69, 9.17) is 0 Å². The first-order valence-corrected chi connectivity index (χ1v) is 6.03. The van der Waals surface area contributed by atoms with E-state index in [1.165, 1.54) is 4.46 Å². The number of hydrogen-bond donors (Lipinski definition) is 0. The van der Waals surface area contributed by atoms with Crippen molar-refractivity contribution in [3.05, 3.63) is 30.3 Å². The fourth-order valence-electron chi connectivity index (χ4n) is 0.726. The fraction of sp³-hybridized carbons (Fsp3) is 0.333. The Morgan fingerprint density at radius 3 is 2.23 bits per heavy atom. The molecular formula is C12H14Se. The Bertz CT molecular complexity index is 308. The van der Waals surface area contributed by atoms with Crippen LogP contribution < -0.4 is 4.46 Å². The van der Waals surface area contributed by atoms with Crippen LogP contribution in [0.4, 0.5) is 0 Å². The van der Waals surface area contributed by atoms with Crippen LogP contribution in [-0.4, -0.2) is 15.0 Å². The standard InChI is InChI=1S/C12H14Se/c1-12(2,3)9-10-13-11-7-5-4-6-8-11/h4-8H,1-3H3. The zero-order valence-corrected chi connectivity index (χ0v) is 10.0. The summed E-state index contributed by atoms with van der Waals surface area (Å²) >= 11 is 0.314. The van der Waals surface area contributed by atoms with Gasteiger partial charge in [-0.15, -0.1) is 0 Å². The molecule has 0 atom stereocenters. The molecule has 1 aromatic rings. The zero-order chi connectivity index (χ0) is 9.73. The van der Waals surface area contributed by atoms with E-state index < -0.39 is 0 Å². The Balaban J connectivity index is 2.56. The molecule has 0 aromatic heterocycles. The number of hydrogen-bond acceptors (Lipinski definition) is 0. The van der Waals surface area contributed by atoms with Gasteiger partial charge in [-0.05, 0) is 0 Å². The molecule has 0 unspecified atom stereocenters. The first kappa shape index (κ1) is 10.4. The van der Waals surface area contributed by atoms with Gasteiger partial charge < -0.3 is 0 Å². The Morgan fingerprint density at radius 1 is 1.08 bits per heavy atom. The normalized spacial score (nSPS) is 10.4. The molecule has 68 valence electrons. The molecule has 0 N–H and O–H groups in total. The van der Waals surface area contributed by atoms with E-state index in [1.54, 1.807) is 0 Å². The summed E-state index contributed by atoms with van der Waals surface area (Å²) in [5.41, 5.74) is 0.135. The Hall–Kier alpha value is -0.701. The molecule has 0 spiro atoms. The second kappa shape index (κ2) is 4.51. The van der Waals surface area contributed by atoms with E-state index in [2.05, 4.69) is 55.8 Å². The molecule has 13 heavy (non-hydrogen) atoms. The van der Waals surface area contributed by atoms with Gasteiger partial charge in [0.05, 0.1) is 0 Å². The van der Waals surface area contributed by atoms with Crippen LogP contribution in [0.3, 0.4) is 0 Å². The summed E-state index contributed by atoms with van der Waals surface area (Å²) in [5, 5.41) is 0. The van der Waals surface area contributed by atoms with Gasteiger partial charge in [0.15, 0.2) is 0 Å². The fourth-order valence-corrected chi connectivity index (χ4v) is 2.34. The summed E-state index contributed by atoms with van der Waals surface area (Å²) in [6.45, 7) is 6.42. The van der Waals surface area contributed by atoms with Crippen molar-refractivity contribution in [1.82, 2.24) is 0 Å². The molecule has 0 fully saturated rings. The topological polar surface area (TPSA) is 0 Å². The zero-order valence-electron chi connectivity index (χ0n) is 8.29. The van der Waals surface area contributed by atoms with Gasteiger partial charge in [0.25, 0.3) is 0 Å². The third-order valence-electron chi connectivity index (χ3n) is 1.34. The first-order valence-electron chi connectivity index (χ1n) is 4.32. The first-order chi connectivity index (χ1) is 6.08. The van der Waals surface area contributed by atoms with Crippen molar-refractivity contribution in [1.29, 1.82) is 0 Å². The van der Waals surface area contributed by atoms with Crippen molar-refractivity contribution in [3.63, 3.8) is 0 Å². The summed E-state index contributed by atoms with van der Waals surface area (Å²) in [7, 11) is 0. The van der Waals surface area contributed by atoms with Gasteiger partial charge >= 0.3 is 86.7 Å². The summed E-state index contributed by atoms with van der Waals surface area (Å²) in [6, 6.07) is 10.4. The molecule has 0 radical (unpaired) electrons. The van der Waals surface area contributed by atoms with E-state index in [0.717, 1.165) is 0 Å². The Morgan fingerprint density at radius 2 is 1.69 bits per heavy atom. The molecule has 0 aliphatic carbocycles. The van der Waals surface area contributed by atoms with Crippen molar-refractivity contribution >= 4 is 19.4 Å². The molecule has 0 nitrogen and oxygen atoms in total. The summed E-state index contributed by atoms with van der Waals surface area (Å²) in [6.07, 6.45) is 0. The SMILES string of the molecule is CC(C)(C)C#C[Se]c1ccccc1. The van der Waals surface area contributed by atoms with Crippen molar-refractivity contribution in [3.8, 4) is 10.7 Å². The van der Waals surface area contributed by atoms with Crippen LogP contribution in [0.5, 0.6) is 0 Å². The van der Waals surface area contributed by atoms with E-state index in [1.807, 2.05) is 6.07 Å². The monoisotopic (exact) mass is 238 g/mol. The van der Waals surface area contributed by atoms with Crippen LogP contribution in [0, 0.1) is 16.2 Å². The summed E-state index contributed by atoms with van der Waals surface area (Å²) < 4.78 is 1.35. The molecule has 1 heteroatoms. The van der Waals surface area contributed by atoms with E-state index in [9.17, 15) is 0 Å². The molecule has 1 rings (SSSR count). The van der Waals surface area contributed by atoms with Gasteiger partial charge in [-0.1, -0.05) is 0 Å². The van der Waals surface area contributed by atoms with Crippen LogP contribution >= 0.6 is 0 Å². The summed E-state index contributed by atoms with van der Waals surface area (Å²) in [4.78, 5) is 3.25. The van der Waals surface area contributed by atoms with Crippen LogP contribution in [0.1, 0.15) is 20.8 Å². The van der Waals surface area contributed by atoms with Crippen LogP contribution in [0.2, 0.25) is 0 Å². The van der Waals surface area contributed by atoms with Crippen molar-refractivity contribution in [2.75, 3.05) is 0 Å². The van der Waals surface area contributed by atoms with Gasteiger partial charge in [0.1, 0.15) is 0 Å². The maximum atomic E-state index is 3.25. The predicted octanol–water partition coefficient (Wildman–Crippen LogP) is 2.02. The quantitative estimate of drug-likeness (QED) is 0.518. The van der Waals surface area contributed by atoms with Crippen LogP contribution in [-0.2, 0) is 0 Å². The van der Waals surface area contributed by atoms with Gasteiger partial charge in [-0.2, -0.15) is 0 Å². The van der Waals surface area contributed by atoms with Gasteiger partial charge in [-0.3, -0.25) is 0 Å². The van der Waals surface area contributed by atoms with Crippen LogP contribution in [0.25, 0.3) is 0 Å². The number of rotatable bonds is 1. The molecule has 0 aliphatic rings.